The maximum atomic E-state index is 12.9. The average Bonchev–Trinajstić information content (AvgIpc) is 2.96. The minimum Gasteiger partial charge on any atom is -0.379 e. The number of hydrogen-bond acceptors (Lipinski definition) is 3. The summed E-state index contributed by atoms with van der Waals surface area (Å²) in [6.07, 6.45) is 0. The van der Waals surface area contributed by atoms with Crippen LogP contribution in [0.1, 0.15) is 31.3 Å². The lowest BCUT2D eigenvalue weighted by Crippen LogP contribution is -2.54. The molecule has 2 N–H and O–H groups in total. The number of rotatable bonds is 1. The smallest absolute Gasteiger partial charge is 0.233 e. The van der Waals surface area contributed by atoms with Crippen molar-refractivity contribution in [2.45, 2.75) is 39.4 Å². The third-order valence-corrected chi connectivity index (χ3v) is 4.96. The second-order valence-corrected chi connectivity index (χ2v) is 6.26. The minimum atomic E-state index is -0.585. The van der Waals surface area contributed by atoms with E-state index in [0.717, 1.165) is 13.1 Å². The second kappa shape index (κ2) is 4.60. The van der Waals surface area contributed by atoms with E-state index in [1.807, 2.05) is 11.8 Å². The van der Waals surface area contributed by atoms with E-state index in [9.17, 15) is 4.79 Å². The highest BCUT2D eigenvalue weighted by Gasteiger charge is 2.48. The van der Waals surface area contributed by atoms with Gasteiger partial charge in [0.05, 0.1) is 24.7 Å². The highest BCUT2D eigenvalue weighted by atomic mass is 16.5. The molecule has 1 saturated heterocycles. The summed E-state index contributed by atoms with van der Waals surface area (Å²) in [5.74, 6) is 0.125. The van der Waals surface area contributed by atoms with Crippen LogP contribution in [0.2, 0.25) is 0 Å². The lowest BCUT2D eigenvalue weighted by atomic mass is 9.83. The van der Waals surface area contributed by atoms with Gasteiger partial charge in [-0.15, -0.1) is 0 Å². The van der Waals surface area contributed by atoms with Crippen LogP contribution in [0.4, 0.5) is 0 Å². The van der Waals surface area contributed by atoms with Crippen molar-refractivity contribution in [1.82, 2.24) is 9.47 Å². The van der Waals surface area contributed by atoms with Gasteiger partial charge in [-0.2, -0.15) is 0 Å². The van der Waals surface area contributed by atoms with Crippen LogP contribution in [-0.2, 0) is 16.1 Å². The Balaban J connectivity index is 1.87. The lowest BCUT2D eigenvalue weighted by molar-refractivity contribution is -0.145. The molecule has 1 amide bonds. The average molecular weight is 277 g/mol. The summed E-state index contributed by atoms with van der Waals surface area (Å²) < 4.78 is 7.71. The maximum Gasteiger partial charge on any atom is 0.233 e. The molecule has 0 aliphatic carbocycles. The van der Waals surface area contributed by atoms with E-state index in [-0.39, 0.29) is 18.0 Å². The van der Waals surface area contributed by atoms with Crippen LogP contribution in [0.3, 0.4) is 0 Å². The molecule has 0 aromatic carbocycles. The Morgan fingerprint density at radius 3 is 2.85 bits per heavy atom. The molecule has 3 atom stereocenters. The lowest BCUT2D eigenvalue weighted by Gasteiger charge is -2.40. The summed E-state index contributed by atoms with van der Waals surface area (Å²) in [4.78, 5) is 14.9. The van der Waals surface area contributed by atoms with Gasteiger partial charge in [0.15, 0.2) is 0 Å². The molecule has 20 heavy (non-hydrogen) atoms. The van der Waals surface area contributed by atoms with Gasteiger partial charge in [-0.25, -0.2) is 0 Å². The van der Waals surface area contributed by atoms with Gasteiger partial charge in [0.2, 0.25) is 5.91 Å². The molecule has 1 aromatic heterocycles. The van der Waals surface area contributed by atoms with Crippen molar-refractivity contribution in [3.63, 3.8) is 0 Å². The fourth-order valence-corrected chi connectivity index (χ4v) is 3.34. The molecule has 3 heterocycles. The molecule has 0 saturated carbocycles. The summed E-state index contributed by atoms with van der Waals surface area (Å²) in [5.41, 5.74) is 7.96. The first kappa shape index (κ1) is 13.6. The molecule has 3 unspecified atom stereocenters. The highest BCUT2D eigenvalue weighted by molar-refractivity contribution is 5.84. The van der Waals surface area contributed by atoms with Crippen molar-refractivity contribution in [3.8, 4) is 0 Å². The number of nitrogens with two attached hydrogens (primary N) is 1. The van der Waals surface area contributed by atoms with Crippen LogP contribution in [0.15, 0.2) is 12.1 Å². The summed E-state index contributed by atoms with van der Waals surface area (Å²) in [5, 5.41) is 0. The van der Waals surface area contributed by atoms with Gasteiger partial charge in [-0.1, -0.05) is 0 Å². The van der Waals surface area contributed by atoms with Gasteiger partial charge in [0.1, 0.15) is 0 Å². The minimum absolute atomic E-state index is 0.0922. The Morgan fingerprint density at radius 2 is 2.20 bits per heavy atom. The van der Waals surface area contributed by atoms with Crippen molar-refractivity contribution in [2.75, 3.05) is 19.8 Å². The first-order chi connectivity index (χ1) is 9.45. The van der Waals surface area contributed by atoms with E-state index in [1.54, 1.807) is 0 Å². The highest BCUT2D eigenvalue weighted by Crippen LogP contribution is 2.35. The molecule has 2 aliphatic rings. The number of carbonyl (C=O) groups excluding carboxylic acids is 1. The van der Waals surface area contributed by atoms with Crippen molar-refractivity contribution in [1.29, 1.82) is 0 Å². The standard InChI is InChI=1S/C15H23N3O2/c1-10-4-5-12-11(2)18(7-6-17(10)12)14(19)15(3)9-20-8-13(15)16/h4-5,11,13H,6-9,16H2,1-3H3. The van der Waals surface area contributed by atoms with E-state index in [1.165, 1.54) is 11.4 Å². The second-order valence-electron chi connectivity index (χ2n) is 6.26. The number of hydrogen-bond donors (Lipinski definition) is 1. The van der Waals surface area contributed by atoms with Gasteiger partial charge < -0.3 is 19.9 Å². The molecule has 110 valence electrons. The molecule has 0 bridgehead atoms. The number of carbonyl (C=O) groups is 1. The summed E-state index contributed by atoms with van der Waals surface area (Å²) in [7, 11) is 0. The fourth-order valence-electron chi connectivity index (χ4n) is 3.34. The summed E-state index contributed by atoms with van der Waals surface area (Å²) in [6, 6.07) is 4.12. The molecule has 5 heteroatoms. The number of fused-ring (bicyclic) bond motifs is 1. The SMILES string of the molecule is Cc1ccc2n1CCN(C(=O)C1(C)COCC1N)C2C. The monoisotopic (exact) mass is 277 g/mol. The predicted molar refractivity (Wildman–Crippen MR) is 76.2 cm³/mol. The number of amides is 1. The van der Waals surface area contributed by atoms with E-state index >= 15 is 0 Å². The summed E-state index contributed by atoms with van der Waals surface area (Å²) in [6.45, 7) is 8.62. The van der Waals surface area contributed by atoms with Crippen molar-refractivity contribution in [2.24, 2.45) is 11.1 Å². The number of aromatic nitrogens is 1. The molecule has 1 fully saturated rings. The molecule has 5 nitrogen and oxygen atoms in total. The van der Waals surface area contributed by atoms with Crippen LogP contribution in [0.25, 0.3) is 0 Å². The first-order valence-electron chi connectivity index (χ1n) is 7.25. The summed E-state index contributed by atoms with van der Waals surface area (Å²) >= 11 is 0. The first-order valence-corrected chi connectivity index (χ1v) is 7.25. The molecule has 0 radical (unpaired) electrons. The number of aryl methyl sites for hydroxylation is 1. The van der Waals surface area contributed by atoms with Gasteiger partial charge in [-0.3, -0.25) is 4.79 Å². The largest absolute Gasteiger partial charge is 0.379 e. The predicted octanol–water partition coefficient (Wildman–Crippen LogP) is 1.06. The molecular weight excluding hydrogens is 254 g/mol. The Kier molecular flexibility index (Phi) is 3.14. The Morgan fingerprint density at radius 1 is 1.45 bits per heavy atom. The van der Waals surface area contributed by atoms with Crippen molar-refractivity contribution < 1.29 is 9.53 Å². The zero-order chi connectivity index (χ0) is 14.5. The maximum absolute atomic E-state index is 12.9. The number of nitrogens with zero attached hydrogens (tertiary/aromatic N) is 2. The van der Waals surface area contributed by atoms with E-state index in [0.29, 0.717) is 13.2 Å². The van der Waals surface area contributed by atoms with Gasteiger partial charge in [0, 0.05) is 30.5 Å². The molecular formula is C15H23N3O2. The molecule has 2 aliphatic heterocycles. The quantitative estimate of drug-likeness (QED) is 0.835. The van der Waals surface area contributed by atoms with Gasteiger partial charge >= 0.3 is 0 Å². The van der Waals surface area contributed by atoms with Crippen LogP contribution in [0.5, 0.6) is 0 Å². The van der Waals surface area contributed by atoms with Crippen LogP contribution in [0, 0.1) is 12.3 Å². The van der Waals surface area contributed by atoms with E-state index < -0.39 is 5.41 Å². The normalized spacial score (nSPS) is 33.3. The van der Waals surface area contributed by atoms with Crippen molar-refractivity contribution in [3.05, 3.63) is 23.5 Å². The Hall–Kier alpha value is -1.33. The van der Waals surface area contributed by atoms with Crippen LogP contribution >= 0.6 is 0 Å². The zero-order valence-electron chi connectivity index (χ0n) is 12.4. The Bertz CT molecular complexity index is 539. The topological polar surface area (TPSA) is 60.5 Å². The van der Waals surface area contributed by atoms with E-state index in [2.05, 4.69) is 30.5 Å². The van der Waals surface area contributed by atoms with Gasteiger partial charge in [0.25, 0.3) is 0 Å². The third-order valence-electron chi connectivity index (χ3n) is 4.96. The van der Waals surface area contributed by atoms with Crippen LogP contribution < -0.4 is 5.73 Å². The molecule has 0 spiro atoms. The van der Waals surface area contributed by atoms with Gasteiger partial charge in [-0.05, 0) is 32.9 Å². The Labute approximate surface area is 119 Å². The molecule has 1 aromatic rings. The van der Waals surface area contributed by atoms with E-state index in [4.69, 9.17) is 10.5 Å². The molecule has 3 rings (SSSR count). The fraction of sp³-hybridized carbons (Fsp3) is 0.667. The zero-order valence-corrected chi connectivity index (χ0v) is 12.4. The number of ether oxygens (including phenoxy) is 1. The van der Waals surface area contributed by atoms with Crippen molar-refractivity contribution >= 4 is 5.91 Å². The van der Waals surface area contributed by atoms with Crippen LogP contribution in [-0.4, -0.2) is 41.2 Å². The third kappa shape index (κ3) is 1.80.